The fourth-order valence-corrected chi connectivity index (χ4v) is 2.48. The molecule has 0 unspecified atom stereocenters. The molecule has 0 aliphatic heterocycles. The molecule has 0 fully saturated rings. The molecule has 2 amide bonds. The molecule has 1 heterocycles. The first kappa shape index (κ1) is 17.4. The fourth-order valence-electron chi connectivity index (χ4n) is 2.48. The van der Waals surface area contributed by atoms with Gasteiger partial charge in [-0.15, -0.1) is 0 Å². The SMILES string of the molecule is CC(C)C[C@H](NC(=O)c1nccc2ccccc12)C(=O)NCC#N. The van der Waals surface area contributed by atoms with Crippen LogP contribution in [0.4, 0.5) is 0 Å². The molecule has 24 heavy (non-hydrogen) atoms. The number of nitrogens with one attached hydrogen (secondary N) is 2. The van der Waals surface area contributed by atoms with Gasteiger partial charge in [-0.2, -0.15) is 5.26 Å². The molecule has 2 rings (SSSR count). The number of benzene rings is 1. The summed E-state index contributed by atoms with van der Waals surface area (Å²) in [7, 11) is 0. The van der Waals surface area contributed by atoms with Crippen LogP contribution in [0.5, 0.6) is 0 Å². The Morgan fingerprint density at radius 1 is 1.25 bits per heavy atom. The van der Waals surface area contributed by atoms with Crippen LogP contribution in [0.2, 0.25) is 0 Å². The predicted octanol–water partition coefficient (Wildman–Crippen LogP) is 2.02. The topological polar surface area (TPSA) is 94.9 Å². The van der Waals surface area contributed by atoms with E-state index < -0.39 is 11.9 Å². The van der Waals surface area contributed by atoms with Crippen LogP contribution in [-0.4, -0.2) is 29.4 Å². The molecule has 1 aromatic heterocycles. The molecule has 0 aliphatic rings. The zero-order chi connectivity index (χ0) is 17.5. The Bertz CT molecular complexity index is 775. The second-order valence-electron chi connectivity index (χ2n) is 5.91. The summed E-state index contributed by atoms with van der Waals surface area (Å²) >= 11 is 0. The van der Waals surface area contributed by atoms with Gasteiger partial charge in [0.05, 0.1) is 6.07 Å². The van der Waals surface area contributed by atoms with E-state index in [9.17, 15) is 9.59 Å². The lowest BCUT2D eigenvalue weighted by Gasteiger charge is -2.19. The Kier molecular flexibility index (Phi) is 5.85. The number of nitrogens with zero attached hydrogens (tertiary/aromatic N) is 2. The number of hydrogen-bond acceptors (Lipinski definition) is 4. The average molecular weight is 324 g/mol. The van der Waals surface area contributed by atoms with Crippen molar-refractivity contribution in [1.29, 1.82) is 5.26 Å². The first-order valence-corrected chi connectivity index (χ1v) is 7.82. The van der Waals surface area contributed by atoms with Gasteiger partial charge < -0.3 is 10.6 Å². The highest BCUT2D eigenvalue weighted by atomic mass is 16.2. The van der Waals surface area contributed by atoms with Gasteiger partial charge in [0.2, 0.25) is 5.91 Å². The minimum absolute atomic E-state index is 0.0875. The van der Waals surface area contributed by atoms with Crippen LogP contribution >= 0.6 is 0 Å². The normalized spacial score (nSPS) is 11.8. The van der Waals surface area contributed by atoms with Crippen molar-refractivity contribution < 1.29 is 9.59 Å². The summed E-state index contributed by atoms with van der Waals surface area (Å²) in [5.74, 6) is -0.549. The van der Waals surface area contributed by atoms with Gasteiger partial charge in [0.1, 0.15) is 18.3 Å². The molecule has 0 bridgehead atoms. The van der Waals surface area contributed by atoms with E-state index in [4.69, 9.17) is 5.26 Å². The van der Waals surface area contributed by atoms with Crippen molar-refractivity contribution in [3.8, 4) is 6.07 Å². The summed E-state index contributed by atoms with van der Waals surface area (Å²) in [6.07, 6.45) is 2.05. The number of nitriles is 1. The number of pyridine rings is 1. The molecule has 124 valence electrons. The van der Waals surface area contributed by atoms with E-state index in [-0.39, 0.29) is 24.1 Å². The molecule has 6 nitrogen and oxygen atoms in total. The van der Waals surface area contributed by atoms with Gasteiger partial charge in [-0.05, 0) is 23.8 Å². The lowest BCUT2D eigenvalue weighted by Crippen LogP contribution is -2.47. The molecular formula is C18H20N4O2. The molecule has 0 spiro atoms. The maximum Gasteiger partial charge on any atom is 0.271 e. The molecule has 2 N–H and O–H groups in total. The van der Waals surface area contributed by atoms with E-state index in [2.05, 4.69) is 15.6 Å². The monoisotopic (exact) mass is 324 g/mol. The second-order valence-corrected chi connectivity index (χ2v) is 5.91. The number of rotatable bonds is 6. The van der Waals surface area contributed by atoms with Crippen LogP contribution in [0.1, 0.15) is 30.8 Å². The summed E-state index contributed by atoms with van der Waals surface area (Å²) in [4.78, 5) is 28.9. The van der Waals surface area contributed by atoms with Crippen LogP contribution in [0.15, 0.2) is 36.5 Å². The van der Waals surface area contributed by atoms with Gasteiger partial charge >= 0.3 is 0 Å². The van der Waals surface area contributed by atoms with Crippen molar-refractivity contribution in [2.24, 2.45) is 5.92 Å². The minimum Gasteiger partial charge on any atom is -0.341 e. The zero-order valence-corrected chi connectivity index (χ0v) is 13.7. The maximum atomic E-state index is 12.6. The number of carbonyl (C=O) groups is 2. The Balaban J connectivity index is 2.23. The quantitative estimate of drug-likeness (QED) is 0.795. The van der Waals surface area contributed by atoms with Gasteiger partial charge in [0.15, 0.2) is 0 Å². The Morgan fingerprint density at radius 2 is 2.00 bits per heavy atom. The summed E-state index contributed by atoms with van der Waals surface area (Å²) in [5, 5.41) is 15.5. The molecule has 6 heteroatoms. The number of aromatic nitrogens is 1. The Hall–Kier alpha value is -2.94. The fraction of sp³-hybridized carbons (Fsp3) is 0.333. The van der Waals surface area contributed by atoms with Gasteiger partial charge in [0, 0.05) is 11.6 Å². The Morgan fingerprint density at radius 3 is 2.71 bits per heavy atom. The van der Waals surface area contributed by atoms with E-state index in [0.29, 0.717) is 6.42 Å². The lowest BCUT2D eigenvalue weighted by molar-refractivity contribution is -0.123. The van der Waals surface area contributed by atoms with Crippen molar-refractivity contribution in [2.75, 3.05) is 6.54 Å². The third kappa shape index (κ3) is 4.29. The minimum atomic E-state index is -0.702. The molecule has 2 aromatic rings. The first-order valence-electron chi connectivity index (χ1n) is 7.82. The standard InChI is InChI=1S/C18H20N4O2/c1-12(2)11-15(17(23)21-10-8-19)22-18(24)16-14-6-4-3-5-13(14)7-9-20-16/h3-7,9,12,15H,10-11H2,1-2H3,(H,21,23)(H,22,24)/t15-/m0/s1. The second kappa shape index (κ2) is 8.06. The third-order valence-corrected chi connectivity index (χ3v) is 3.56. The summed E-state index contributed by atoms with van der Waals surface area (Å²) < 4.78 is 0. The van der Waals surface area contributed by atoms with Crippen LogP contribution in [0, 0.1) is 17.2 Å². The van der Waals surface area contributed by atoms with Gasteiger partial charge in [-0.25, -0.2) is 0 Å². The number of amides is 2. The number of fused-ring (bicyclic) bond motifs is 1. The van der Waals surface area contributed by atoms with Crippen LogP contribution in [0.25, 0.3) is 10.8 Å². The van der Waals surface area contributed by atoms with Gasteiger partial charge in [-0.3, -0.25) is 14.6 Å². The van der Waals surface area contributed by atoms with Crippen LogP contribution < -0.4 is 10.6 Å². The van der Waals surface area contributed by atoms with Gasteiger partial charge in [0.25, 0.3) is 5.91 Å². The Labute approximate surface area is 140 Å². The summed E-state index contributed by atoms with van der Waals surface area (Å²) in [5.41, 5.74) is 0.287. The van der Waals surface area contributed by atoms with Crippen molar-refractivity contribution in [3.63, 3.8) is 0 Å². The van der Waals surface area contributed by atoms with Crippen molar-refractivity contribution in [2.45, 2.75) is 26.3 Å². The largest absolute Gasteiger partial charge is 0.341 e. The smallest absolute Gasteiger partial charge is 0.271 e. The highest BCUT2D eigenvalue weighted by molar-refractivity contribution is 6.06. The molecule has 1 atom stereocenters. The third-order valence-electron chi connectivity index (χ3n) is 3.56. The molecule has 0 aliphatic carbocycles. The van der Waals surface area contributed by atoms with E-state index in [1.54, 1.807) is 6.20 Å². The van der Waals surface area contributed by atoms with Crippen molar-refractivity contribution in [1.82, 2.24) is 15.6 Å². The van der Waals surface area contributed by atoms with E-state index in [0.717, 1.165) is 10.8 Å². The summed E-state index contributed by atoms with van der Waals surface area (Å²) in [6.45, 7) is 3.84. The predicted molar refractivity (Wildman–Crippen MR) is 91.1 cm³/mol. The summed E-state index contributed by atoms with van der Waals surface area (Å²) in [6, 6.07) is 10.4. The van der Waals surface area contributed by atoms with Crippen LogP contribution in [-0.2, 0) is 4.79 Å². The molecule has 0 saturated carbocycles. The van der Waals surface area contributed by atoms with E-state index in [1.165, 1.54) is 0 Å². The first-order chi connectivity index (χ1) is 11.5. The molecule has 1 aromatic carbocycles. The average Bonchev–Trinajstić information content (AvgIpc) is 2.58. The van der Waals surface area contributed by atoms with Crippen LogP contribution in [0.3, 0.4) is 0 Å². The van der Waals surface area contributed by atoms with E-state index >= 15 is 0 Å². The van der Waals surface area contributed by atoms with E-state index in [1.807, 2.05) is 50.2 Å². The maximum absolute atomic E-state index is 12.6. The van der Waals surface area contributed by atoms with Gasteiger partial charge in [-0.1, -0.05) is 38.1 Å². The number of carbonyl (C=O) groups excluding carboxylic acids is 2. The highest BCUT2D eigenvalue weighted by Gasteiger charge is 2.23. The highest BCUT2D eigenvalue weighted by Crippen LogP contribution is 2.16. The molecule has 0 radical (unpaired) electrons. The molecular weight excluding hydrogens is 304 g/mol. The number of hydrogen-bond donors (Lipinski definition) is 2. The van der Waals surface area contributed by atoms with Crippen molar-refractivity contribution in [3.05, 3.63) is 42.2 Å². The van der Waals surface area contributed by atoms with Crippen molar-refractivity contribution >= 4 is 22.6 Å². The zero-order valence-electron chi connectivity index (χ0n) is 13.7. The lowest BCUT2D eigenvalue weighted by atomic mass is 10.0. The molecule has 0 saturated heterocycles.